The number of nitrogens with one attached hydrogen (secondary N) is 1. The predicted molar refractivity (Wildman–Crippen MR) is 80.3 cm³/mol. The van der Waals surface area contributed by atoms with Crippen LogP contribution in [0.5, 0.6) is 0 Å². The lowest BCUT2D eigenvalue weighted by atomic mass is 10.1. The second-order valence-electron chi connectivity index (χ2n) is 5.10. The molecule has 4 heteroatoms. The molecule has 3 nitrogen and oxygen atoms in total. The van der Waals surface area contributed by atoms with Gasteiger partial charge in [0, 0.05) is 6.04 Å². The van der Waals surface area contributed by atoms with Gasteiger partial charge in [0.05, 0.1) is 10.6 Å². The number of benzene rings is 1. The maximum absolute atomic E-state index is 12.2. The first-order valence-electron chi connectivity index (χ1n) is 6.88. The van der Waals surface area contributed by atoms with Crippen LogP contribution in [0.1, 0.15) is 37.3 Å². The minimum atomic E-state index is -3.14. The van der Waals surface area contributed by atoms with E-state index in [9.17, 15) is 8.42 Å². The van der Waals surface area contributed by atoms with Crippen molar-refractivity contribution in [2.45, 2.75) is 51.0 Å². The van der Waals surface area contributed by atoms with Crippen LogP contribution in [0.2, 0.25) is 0 Å². The Labute approximate surface area is 117 Å². The molecule has 1 unspecified atom stereocenters. The Kier molecular flexibility index (Phi) is 6.01. The van der Waals surface area contributed by atoms with Gasteiger partial charge in [0.15, 0.2) is 9.84 Å². The standard InChI is InChI=1S/C15H25NO2S/c1-5-14(16-4)7-6-10-19(17,18)15-9-8-12(2)13(3)11-15/h8-9,11,14,16H,5-7,10H2,1-4H3. The zero-order valence-electron chi connectivity index (χ0n) is 12.4. The fourth-order valence-corrected chi connectivity index (χ4v) is 3.51. The Balaban J connectivity index is 2.68. The van der Waals surface area contributed by atoms with Crippen molar-refractivity contribution in [2.24, 2.45) is 0 Å². The van der Waals surface area contributed by atoms with Crippen molar-refractivity contribution < 1.29 is 8.42 Å². The molecule has 0 radical (unpaired) electrons. The van der Waals surface area contributed by atoms with Crippen LogP contribution in [0.15, 0.2) is 23.1 Å². The van der Waals surface area contributed by atoms with Gasteiger partial charge in [-0.25, -0.2) is 8.42 Å². The molecule has 1 atom stereocenters. The molecule has 1 aromatic rings. The third-order valence-electron chi connectivity index (χ3n) is 3.70. The third-order valence-corrected chi connectivity index (χ3v) is 5.50. The molecule has 0 fully saturated rings. The predicted octanol–water partition coefficient (Wildman–Crippen LogP) is 2.86. The van der Waals surface area contributed by atoms with Crippen LogP contribution in [0.4, 0.5) is 0 Å². The van der Waals surface area contributed by atoms with Crippen LogP contribution >= 0.6 is 0 Å². The monoisotopic (exact) mass is 283 g/mol. The summed E-state index contributed by atoms with van der Waals surface area (Å²) in [6.45, 7) is 6.05. The summed E-state index contributed by atoms with van der Waals surface area (Å²) in [4.78, 5) is 0.452. The Bertz CT molecular complexity index is 505. The first kappa shape index (κ1) is 16.2. The highest BCUT2D eigenvalue weighted by molar-refractivity contribution is 7.91. The van der Waals surface area contributed by atoms with E-state index in [1.54, 1.807) is 12.1 Å². The zero-order chi connectivity index (χ0) is 14.5. The number of rotatable bonds is 7. The van der Waals surface area contributed by atoms with Gasteiger partial charge >= 0.3 is 0 Å². The van der Waals surface area contributed by atoms with Crippen molar-refractivity contribution in [1.29, 1.82) is 0 Å². The van der Waals surface area contributed by atoms with E-state index in [4.69, 9.17) is 0 Å². The van der Waals surface area contributed by atoms with Gasteiger partial charge in [-0.15, -0.1) is 0 Å². The molecule has 0 aliphatic heterocycles. The molecule has 0 spiro atoms. The minimum Gasteiger partial charge on any atom is -0.317 e. The number of sulfone groups is 1. The molecule has 0 heterocycles. The summed E-state index contributed by atoms with van der Waals surface area (Å²) in [7, 11) is -1.22. The normalized spacial score (nSPS) is 13.5. The zero-order valence-corrected chi connectivity index (χ0v) is 13.2. The lowest BCUT2D eigenvalue weighted by molar-refractivity contribution is 0.500. The highest BCUT2D eigenvalue weighted by atomic mass is 32.2. The fourth-order valence-electron chi connectivity index (χ4n) is 2.10. The van der Waals surface area contributed by atoms with E-state index in [2.05, 4.69) is 12.2 Å². The Morgan fingerprint density at radius 1 is 1.21 bits per heavy atom. The molecule has 0 aliphatic carbocycles. The van der Waals surface area contributed by atoms with E-state index in [0.717, 1.165) is 24.0 Å². The molecule has 0 aliphatic rings. The second kappa shape index (κ2) is 7.06. The summed E-state index contributed by atoms with van der Waals surface area (Å²) in [5, 5.41) is 3.20. The molecule has 0 saturated carbocycles. The third kappa shape index (κ3) is 4.62. The highest BCUT2D eigenvalue weighted by Gasteiger charge is 2.15. The molecule has 0 saturated heterocycles. The average Bonchev–Trinajstić information content (AvgIpc) is 2.37. The van der Waals surface area contributed by atoms with Crippen LogP contribution < -0.4 is 5.32 Å². The number of hydrogen-bond acceptors (Lipinski definition) is 3. The molecule has 1 N–H and O–H groups in total. The molecule has 0 aromatic heterocycles. The van der Waals surface area contributed by atoms with Crippen LogP contribution in [0.25, 0.3) is 0 Å². The van der Waals surface area contributed by atoms with E-state index in [-0.39, 0.29) is 5.75 Å². The van der Waals surface area contributed by atoms with E-state index in [1.165, 1.54) is 0 Å². The lowest BCUT2D eigenvalue weighted by Crippen LogP contribution is -2.24. The van der Waals surface area contributed by atoms with Gasteiger partial charge in [-0.2, -0.15) is 0 Å². The summed E-state index contributed by atoms with van der Waals surface area (Å²) in [5.41, 5.74) is 2.16. The molecule has 108 valence electrons. The van der Waals surface area contributed by atoms with Crippen LogP contribution in [0, 0.1) is 13.8 Å². The van der Waals surface area contributed by atoms with Crippen molar-refractivity contribution in [2.75, 3.05) is 12.8 Å². The van der Waals surface area contributed by atoms with Crippen LogP contribution in [-0.2, 0) is 9.84 Å². The van der Waals surface area contributed by atoms with E-state index in [1.807, 2.05) is 27.0 Å². The van der Waals surface area contributed by atoms with Crippen molar-refractivity contribution in [3.63, 3.8) is 0 Å². The molecule has 1 aromatic carbocycles. The van der Waals surface area contributed by atoms with Gasteiger partial charge in [0.1, 0.15) is 0 Å². The smallest absolute Gasteiger partial charge is 0.178 e. The summed E-state index contributed by atoms with van der Waals surface area (Å²) < 4.78 is 24.5. The van der Waals surface area contributed by atoms with Gasteiger partial charge in [-0.1, -0.05) is 13.0 Å². The quantitative estimate of drug-likeness (QED) is 0.837. The SMILES string of the molecule is CCC(CCCS(=O)(=O)c1ccc(C)c(C)c1)NC. The van der Waals surface area contributed by atoms with Crippen molar-refractivity contribution >= 4 is 9.84 Å². The van der Waals surface area contributed by atoms with E-state index >= 15 is 0 Å². The Hall–Kier alpha value is -0.870. The number of aryl methyl sites for hydroxylation is 2. The summed E-state index contributed by atoms with van der Waals surface area (Å²) in [6.07, 6.45) is 2.63. The molecule has 1 rings (SSSR count). The van der Waals surface area contributed by atoms with Gasteiger partial charge in [-0.05, 0) is 63.4 Å². The van der Waals surface area contributed by atoms with E-state index < -0.39 is 9.84 Å². The maximum atomic E-state index is 12.2. The topological polar surface area (TPSA) is 46.2 Å². The molecule has 19 heavy (non-hydrogen) atoms. The van der Waals surface area contributed by atoms with E-state index in [0.29, 0.717) is 17.4 Å². The number of hydrogen-bond donors (Lipinski definition) is 1. The molecule has 0 amide bonds. The lowest BCUT2D eigenvalue weighted by Gasteiger charge is -2.13. The van der Waals surface area contributed by atoms with Crippen molar-refractivity contribution in [3.8, 4) is 0 Å². The fraction of sp³-hybridized carbons (Fsp3) is 0.600. The van der Waals surface area contributed by atoms with Crippen LogP contribution in [-0.4, -0.2) is 27.3 Å². The Morgan fingerprint density at radius 3 is 2.42 bits per heavy atom. The van der Waals surface area contributed by atoms with Crippen LogP contribution in [0.3, 0.4) is 0 Å². The van der Waals surface area contributed by atoms with Gasteiger partial charge < -0.3 is 5.32 Å². The largest absolute Gasteiger partial charge is 0.317 e. The molecule has 0 bridgehead atoms. The minimum absolute atomic E-state index is 0.230. The maximum Gasteiger partial charge on any atom is 0.178 e. The molecular weight excluding hydrogens is 258 g/mol. The molecular formula is C15H25NO2S. The second-order valence-corrected chi connectivity index (χ2v) is 7.21. The van der Waals surface area contributed by atoms with Crippen molar-refractivity contribution in [3.05, 3.63) is 29.3 Å². The Morgan fingerprint density at radius 2 is 1.89 bits per heavy atom. The van der Waals surface area contributed by atoms with Gasteiger partial charge in [0.25, 0.3) is 0 Å². The van der Waals surface area contributed by atoms with Crippen molar-refractivity contribution in [1.82, 2.24) is 5.32 Å². The first-order valence-corrected chi connectivity index (χ1v) is 8.53. The summed E-state index contributed by atoms with van der Waals surface area (Å²) in [6, 6.07) is 5.78. The van der Waals surface area contributed by atoms with Gasteiger partial charge in [0.2, 0.25) is 0 Å². The average molecular weight is 283 g/mol. The first-order chi connectivity index (χ1) is 8.90. The highest BCUT2D eigenvalue weighted by Crippen LogP contribution is 2.17. The summed E-state index contributed by atoms with van der Waals surface area (Å²) in [5.74, 6) is 0.230. The summed E-state index contributed by atoms with van der Waals surface area (Å²) >= 11 is 0. The van der Waals surface area contributed by atoms with Gasteiger partial charge in [-0.3, -0.25) is 0 Å².